The number of aromatic nitrogens is 1. The molecule has 0 bridgehead atoms. The van der Waals surface area contributed by atoms with Crippen LogP contribution >= 0.6 is 11.3 Å². The van der Waals surface area contributed by atoms with Crippen LogP contribution in [0.1, 0.15) is 9.88 Å². The molecule has 4 heteroatoms. The lowest BCUT2D eigenvalue weighted by Crippen LogP contribution is -2.01. The Balaban J connectivity index is 2.49. The van der Waals surface area contributed by atoms with Gasteiger partial charge < -0.3 is 5.43 Å². The second-order valence-electron chi connectivity index (χ2n) is 1.84. The van der Waals surface area contributed by atoms with Crippen molar-refractivity contribution in [3.8, 4) is 0 Å². The van der Waals surface area contributed by atoms with Crippen LogP contribution in [-0.2, 0) is 6.54 Å². The Labute approximate surface area is 63.8 Å². The molecule has 0 aliphatic carbocycles. The third-order valence-corrected chi connectivity index (χ3v) is 1.95. The first-order chi connectivity index (χ1) is 4.83. The molecule has 0 amide bonds. The van der Waals surface area contributed by atoms with Crippen molar-refractivity contribution in [2.75, 3.05) is 0 Å². The van der Waals surface area contributed by atoms with E-state index in [9.17, 15) is 0 Å². The largest absolute Gasteiger partial charge is 0.305 e. The summed E-state index contributed by atoms with van der Waals surface area (Å²) in [6.45, 7) is 6.02. The van der Waals surface area contributed by atoms with E-state index in [0.717, 1.165) is 11.6 Å². The summed E-state index contributed by atoms with van der Waals surface area (Å²) in [6.07, 6.45) is 1.85. The van der Waals surface area contributed by atoms with Crippen LogP contribution in [0.25, 0.3) is 0 Å². The summed E-state index contributed by atoms with van der Waals surface area (Å²) < 4.78 is 0. The average molecular weight is 155 g/mol. The molecule has 0 radical (unpaired) electrons. The molecule has 0 aliphatic rings. The van der Waals surface area contributed by atoms with Crippen LogP contribution in [0.5, 0.6) is 0 Å². The zero-order valence-electron chi connectivity index (χ0n) is 5.79. The quantitative estimate of drug-likeness (QED) is 0.525. The fourth-order valence-corrected chi connectivity index (χ4v) is 1.35. The Kier molecular flexibility index (Phi) is 2.39. The summed E-state index contributed by atoms with van der Waals surface area (Å²) in [4.78, 5) is 5.27. The van der Waals surface area contributed by atoms with Crippen molar-refractivity contribution >= 4 is 18.1 Å². The summed E-state index contributed by atoms with van der Waals surface area (Å²) in [6, 6.07) is 0. The SMILES string of the molecule is C=NNCc1cnc(C)s1. The van der Waals surface area contributed by atoms with Gasteiger partial charge in [0.2, 0.25) is 0 Å². The van der Waals surface area contributed by atoms with E-state index in [1.54, 1.807) is 11.3 Å². The van der Waals surface area contributed by atoms with E-state index in [1.807, 2.05) is 13.1 Å². The Morgan fingerprint density at radius 3 is 3.20 bits per heavy atom. The maximum absolute atomic E-state index is 4.09. The summed E-state index contributed by atoms with van der Waals surface area (Å²) in [5.74, 6) is 0. The second kappa shape index (κ2) is 3.31. The molecule has 10 heavy (non-hydrogen) atoms. The number of nitrogens with zero attached hydrogens (tertiary/aromatic N) is 2. The molecule has 0 saturated heterocycles. The normalized spacial score (nSPS) is 9.30. The molecular weight excluding hydrogens is 146 g/mol. The van der Waals surface area contributed by atoms with E-state index in [1.165, 1.54) is 4.88 Å². The first-order valence-electron chi connectivity index (χ1n) is 2.93. The monoisotopic (exact) mass is 155 g/mol. The highest BCUT2D eigenvalue weighted by Gasteiger charge is 1.94. The average Bonchev–Trinajstić information content (AvgIpc) is 2.31. The van der Waals surface area contributed by atoms with Crippen molar-refractivity contribution in [2.45, 2.75) is 13.5 Å². The Hall–Kier alpha value is -0.900. The predicted molar refractivity (Wildman–Crippen MR) is 43.2 cm³/mol. The third-order valence-electron chi connectivity index (χ3n) is 1.03. The molecule has 1 rings (SSSR count). The van der Waals surface area contributed by atoms with Gasteiger partial charge in [0, 0.05) is 17.8 Å². The molecule has 0 aliphatic heterocycles. The van der Waals surface area contributed by atoms with Crippen molar-refractivity contribution < 1.29 is 0 Å². The number of aryl methyl sites for hydroxylation is 1. The van der Waals surface area contributed by atoms with Gasteiger partial charge in [-0.15, -0.1) is 11.3 Å². The lowest BCUT2D eigenvalue weighted by Gasteiger charge is -1.91. The predicted octanol–water partition coefficient (Wildman–Crippen LogP) is 1.16. The molecule has 0 saturated carbocycles. The third kappa shape index (κ3) is 1.80. The van der Waals surface area contributed by atoms with Gasteiger partial charge in [0.1, 0.15) is 0 Å². The van der Waals surface area contributed by atoms with E-state index >= 15 is 0 Å². The zero-order valence-corrected chi connectivity index (χ0v) is 6.61. The van der Waals surface area contributed by atoms with Crippen molar-refractivity contribution in [2.24, 2.45) is 5.10 Å². The van der Waals surface area contributed by atoms with E-state index in [-0.39, 0.29) is 0 Å². The van der Waals surface area contributed by atoms with Crippen molar-refractivity contribution in [1.29, 1.82) is 0 Å². The topological polar surface area (TPSA) is 37.3 Å². The number of hydrazone groups is 1. The molecular formula is C6H9N3S. The van der Waals surface area contributed by atoms with Crippen molar-refractivity contribution in [3.63, 3.8) is 0 Å². The van der Waals surface area contributed by atoms with Gasteiger partial charge in [0.25, 0.3) is 0 Å². The van der Waals surface area contributed by atoms with Gasteiger partial charge in [-0.3, -0.25) is 0 Å². The van der Waals surface area contributed by atoms with Crippen LogP contribution < -0.4 is 5.43 Å². The molecule has 3 nitrogen and oxygen atoms in total. The number of hydrogen-bond acceptors (Lipinski definition) is 4. The molecule has 0 fully saturated rings. The standard InChI is InChI=1S/C6H9N3S/c1-5-8-3-6(10-5)4-9-7-2/h3,9H,2,4H2,1H3. The van der Waals surface area contributed by atoms with Crippen molar-refractivity contribution in [1.82, 2.24) is 10.4 Å². The molecule has 1 aromatic rings. The van der Waals surface area contributed by atoms with Gasteiger partial charge >= 0.3 is 0 Å². The van der Waals surface area contributed by atoms with Gasteiger partial charge in [-0.25, -0.2) is 4.98 Å². The maximum atomic E-state index is 4.09. The van der Waals surface area contributed by atoms with Crippen LogP contribution in [0.15, 0.2) is 11.3 Å². The molecule has 0 unspecified atom stereocenters. The van der Waals surface area contributed by atoms with Crippen molar-refractivity contribution in [3.05, 3.63) is 16.1 Å². The van der Waals surface area contributed by atoms with E-state index in [0.29, 0.717) is 0 Å². The molecule has 0 aromatic carbocycles. The van der Waals surface area contributed by atoms with Gasteiger partial charge in [0.15, 0.2) is 0 Å². The minimum absolute atomic E-state index is 0.731. The molecule has 0 spiro atoms. The smallest absolute Gasteiger partial charge is 0.0897 e. The van der Waals surface area contributed by atoms with Crippen LogP contribution in [0.2, 0.25) is 0 Å². The van der Waals surface area contributed by atoms with Gasteiger partial charge in [0.05, 0.1) is 11.6 Å². The van der Waals surface area contributed by atoms with Gasteiger partial charge in [-0.05, 0) is 6.92 Å². The fraction of sp³-hybridized carbons (Fsp3) is 0.333. The number of thiazole rings is 1. The minimum Gasteiger partial charge on any atom is -0.305 e. The second-order valence-corrected chi connectivity index (χ2v) is 3.16. The lowest BCUT2D eigenvalue weighted by molar-refractivity contribution is 0.759. The first kappa shape index (κ1) is 7.21. The minimum atomic E-state index is 0.731. The van der Waals surface area contributed by atoms with Crippen LogP contribution in [0.3, 0.4) is 0 Å². The maximum Gasteiger partial charge on any atom is 0.0897 e. The molecule has 1 aromatic heterocycles. The Morgan fingerprint density at radius 1 is 1.90 bits per heavy atom. The van der Waals surface area contributed by atoms with Crippen LogP contribution in [0.4, 0.5) is 0 Å². The summed E-state index contributed by atoms with van der Waals surface area (Å²) in [7, 11) is 0. The van der Waals surface area contributed by atoms with Gasteiger partial charge in [-0.2, -0.15) is 5.10 Å². The van der Waals surface area contributed by atoms with Crippen LogP contribution in [0, 0.1) is 6.92 Å². The molecule has 54 valence electrons. The highest BCUT2D eigenvalue weighted by atomic mass is 32.1. The first-order valence-corrected chi connectivity index (χ1v) is 3.74. The molecule has 1 heterocycles. The summed E-state index contributed by atoms with van der Waals surface area (Å²) in [5.41, 5.74) is 2.76. The summed E-state index contributed by atoms with van der Waals surface area (Å²) in [5, 5.41) is 4.60. The number of nitrogens with one attached hydrogen (secondary N) is 1. The Morgan fingerprint density at radius 2 is 2.70 bits per heavy atom. The van der Waals surface area contributed by atoms with Crippen LogP contribution in [-0.4, -0.2) is 11.7 Å². The number of rotatable bonds is 3. The molecule has 0 atom stereocenters. The zero-order chi connectivity index (χ0) is 7.40. The fourth-order valence-electron chi connectivity index (χ4n) is 0.621. The summed E-state index contributed by atoms with van der Waals surface area (Å²) >= 11 is 1.67. The van der Waals surface area contributed by atoms with E-state index in [2.05, 4.69) is 22.2 Å². The van der Waals surface area contributed by atoms with E-state index < -0.39 is 0 Å². The lowest BCUT2D eigenvalue weighted by atomic mass is 10.6. The number of hydrogen-bond donors (Lipinski definition) is 1. The highest BCUT2D eigenvalue weighted by Crippen LogP contribution is 2.10. The highest BCUT2D eigenvalue weighted by molar-refractivity contribution is 7.11. The Bertz CT molecular complexity index is 219. The van der Waals surface area contributed by atoms with Gasteiger partial charge in [-0.1, -0.05) is 0 Å². The van der Waals surface area contributed by atoms with E-state index in [4.69, 9.17) is 0 Å². The molecule has 1 N–H and O–H groups in total.